The van der Waals surface area contributed by atoms with E-state index in [0.29, 0.717) is 37.4 Å². The molecule has 2 amide bonds. The van der Waals surface area contributed by atoms with Crippen LogP contribution in [0.5, 0.6) is 0 Å². The van der Waals surface area contributed by atoms with E-state index >= 15 is 0 Å². The monoisotopic (exact) mass is 368 g/mol. The van der Waals surface area contributed by atoms with Crippen LogP contribution in [0.2, 0.25) is 0 Å². The molecule has 1 fully saturated rings. The molecular weight excluding hydrogens is 344 g/mol. The number of amides is 2. The van der Waals surface area contributed by atoms with E-state index in [1.165, 1.54) is 4.31 Å². The van der Waals surface area contributed by atoms with Gasteiger partial charge < -0.3 is 15.5 Å². The number of benzene rings is 1. The van der Waals surface area contributed by atoms with Crippen molar-refractivity contribution in [2.24, 2.45) is 0 Å². The fraction of sp³-hybridized carbons (Fsp3) is 0.500. The van der Waals surface area contributed by atoms with Crippen LogP contribution in [-0.2, 0) is 19.6 Å². The first-order valence-corrected chi connectivity index (χ1v) is 9.66. The number of sulfonamides is 1. The number of aryl methyl sites for hydroxylation is 1. The van der Waals surface area contributed by atoms with Gasteiger partial charge in [0, 0.05) is 25.3 Å². The molecule has 0 aliphatic carbocycles. The molecule has 1 aliphatic heterocycles. The molecule has 0 bridgehead atoms. The van der Waals surface area contributed by atoms with Gasteiger partial charge in [0.15, 0.2) is 0 Å². The van der Waals surface area contributed by atoms with Crippen LogP contribution in [0, 0.1) is 6.92 Å². The number of nitrogens with one attached hydrogen (secondary N) is 2. The lowest BCUT2D eigenvalue weighted by Crippen LogP contribution is -2.38. The van der Waals surface area contributed by atoms with Gasteiger partial charge in [0.2, 0.25) is 10.0 Å². The van der Waals surface area contributed by atoms with Crippen molar-refractivity contribution in [3.63, 3.8) is 0 Å². The first-order chi connectivity index (χ1) is 11.7. The Bertz CT molecular complexity index is 761. The van der Waals surface area contributed by atoms with E-state index in [1.807, 2.05) is 19.0 Å². The Kier molecular flexibility index (Phi) is 6.02. The number of carbonyl (C=O) groups excluding carboxylic acids is 2. The Balaban J connectivity index is 2.08. The van der Waals surface area contributed by atoms with Crippen LogP contribution in [0.1, 0.15) is 12.0 Å². The van der Waals surface area contributed by atoms with Gasteiger partial charge in [0.05, 0.1) is 11.4 Å². The molecule has 1 aromatic carbocycles. The van der Waals surface area contributed by atoms with E-state index in [-0.39, 0.29) is 5.75 Å². The third-order valence-electron chi connectivity index (χ3n) is 3.91. The van der Waals surface area contributed by atoms with Gasteiger partial charge >= 0.3 is 11.8 Å². The predicted octanol–water partition coefficient (Wildman–Crippen LogP) is 0.151. The molecule has 0 saturated carbocycles. The molecule has 0 spiro atoms. The topological polar surface area (TPSA) is 98.8 Å². The zero-order chi connectivity index (χ0) is 18.6. The third kappa shape index (κ3) is 4.93. The van der Waals surface area contributed by atoms with Crippen molar-refractivity contribution in [1.82, 2.24) is 10.2 Å². The Morgan fingerprint density at radius 2 is 1.96 bits per heavy atom. The maximum Gasteiger partial charge on any atom is 0.313 e. The number of carbonyl (C=O) groups is 2. The molecule has 2 N–H and O–H groups in total. The van der Waals surface area contributed by atoms with Crippen molar-refractivity contribution in [3.8, 4) is 0 Å². The number of likely N-dealkylation sites (N-methyl/N-ethyl adjacent to an activating group) is 1. The Morgan fingerprint density at radius 1 is 1.24 bits per heavy atom. The van der Waals surface area contributed by atoms with Crippen LogP contribution in [0.3, 0.4) is 0 Å². The Labute approximate surface area is 148 Å². The molecule has 1 heterocycles. The minimum absolute atomic E-state index is 0.122. The Morgan fingerprint density at radius 3 is 2.56 bits per heavy atom. The molecule has 0 aromatic heterocycles. The maximum atomic E-state index is 12.0. The molecule has 1 saturated heterocycles. The van der Waals surface area contributed by atoms with Crippen molar-refractivity contribution in [2.75, 3.05) is 49.1 Å². The molecule has 0 unspecified atom stereocenters. The maximum absolute atomic E-state index is 12.0. The molecule has 25 heavy (non-hydrogen) atoms. The Hall–Kier alpha value is -2.13. The predicted molar refractivity (Wildman–Crippen MR) is 97.1 cm³/mol. The average molecular weight is 368 g/mol. The molecule has 138 valence electrons. The highest BCUT2D eigenvalue weighted by Gasteiger charge is 2.28. The van der Waals surface area contributed by atoms with Crippen LogP contribution in [0.25, 0.3) is 0 Å². The highest BCUT2D eigenvalue weighted by Crippen LogP contribution is 2.28. The van der Waals surface area contributed by atoms with Gasteiger partial charge in [-0.1, -0.05) is 6.07 Å². The number of anilines is 2. The quantitative estimate of drug-likeness (QED) is 0.721. The number of nitrogens with zero attached hydrogens (tertiary/aromatic N) is 2. The molecule has 1 aliphatic rings. The van der Waals surface area contributed by atoms with Crippen molar-refractivity contribution in [3.05, 3.63) is 23.8 Å². The average Bonchev–Trinajstić information content (AvgIpc) is 2.88. The highest BCUT2D eigenvalue weighted by molar-refractivity contribution is 7.93. The van der Waals surface area contributed by atoms with Crippen LogP contribution in [-0.4, -0.2) is 64.6 Å². The zero-order valence-electron chi connectivity index (χ0n) is 14.7. The fourth-order valence-corrected chi connectivity index (χ4v) is 4.04. The van der Waals surface area contributed by atoms with Gasteiger partial charge in [-0.25, -0.2) is 8.42 Å². The summed E-state index contributed by atoms with van der Waals surface area (Å²) in [7, 11) is 0.439. The number of rotatable bonds is 5. The van der Waals surface area contributed by atoms with E-state index in [2.05, 4.69) is 10.6 Å². The molecule has 0 atom stereocenters. The summed E-state index contributed by atoms with van der Waals surface area (Å²) >= 11 is 0. The normalized spacial score (nSPS) is 16.1. The van der Waals surface area contributed by atoms with E-state index in [0.717, 1.165) is 5.56 Å². The van der Waals surface area contributed by atoms with Crippen LogP contribution in [0.15, 0.2) is 18.2 Å². The molecule has 8 nitrogen and oxygen atoms in total. The van der Waals surface area contributed by atoms with Gasteiger partial charge in [-0.3, -0.25) is 13.9 Å². The summed E-state index contributed by atoms with van der Waals surface area (Å²) in [5, 5.41) is 5.09. The standard InChI is InChI=1S/C16H24N4O4S/c1-12-5-6-13(20-8-4-10-25(20,23)24)11-14(12)18-16(22)15(21)17-7-9-19(2)3/h5-6,11H,4,7-10H2,1-3H3,(H,17,21)(H,18,22). The number of hydrogen-bond donors (Lipinski definition) is 2. The lowest BCUT2D eigenvalue weighted by molar-refractivity contribution is -0.136. The van der Waals surface area contributed by atoms with Crippen molar-refractivity contribution < 1.29 is 18.0 Å². The summed E-state index contributed by atoms with van der Waals surface area (Å²) in [6.45, 7) is 3.19. The SMILES string of the molecule is Cc1ccc(N2CCCS2(=O)=O)cc1NC(=O)C(=O)NCCN(C)C. The molecule has 2 rings (SSSR count). The second kappa shape index (κ2) is 7.83. The third-order valence-corrected chi connectivity index (χ3v) is 5.78. The molecule has 9 heteroatoms. The van der Waals surface area contributed by atoms with Crippen molar-refractivity contribution in [1.29, 1.82) is 0 Å². The van der Waals surface area contributed by atoms with Crippen LogP contribution in [0.4, 0.5) is 11.4 Å². The second-order valence-electron chi connectivity index (χ2n) is 6.25. The fourth-order valence-electron chi connectivity index (χ4n) is 2.48. The summed E-state index contributed by atoms with van der Waals surface area (Å²) in [6, 6.07) is 5.01. The summed E-state index contributed by atoms with van der Waals surface area (Å²) in [6.07, 6.45) is 0.576. The lowest BCUT2D eigenvalue weighted by atomic mass is 10.1. The van der Waals surface area contributed by atoms with Gasteiger partial charge in [-0.2, -0.15) is 0 Å². The van der Waals surface area contributed by atoms with Crippen molar-refractivity contribution >= 4 is 33.2 Å². The summed E-state index contributed by atoms with van der Waals surface area (Å²) in [4.78, 5) is 25.8. The molecular formula is C16H24N4O4S. The first kappa shape index (κ1) is 19.2. The minimum atomic E-state index is -3.30. The minimum Gasteiger partial charge on any atom is -0.347 e. The van der Waals surface area contributed by atoms with Gasteiger partial charge in [0.25, 0.3) is 0 Å². The van der Waals surface area contributed by atoms with Crippen LogP contribution >= 0.6 is 0 Å². The highest BCUT2D eigenvalue weighted by atomic mass is 32.2. The van der Waals surface area contributed by atoms with Gasteiger partial charge in [-0.15, -0.1) is 0 Å². The summed E-state index contributed by atoms with van der Waals surface area (Å²) in [5.74, 6) is -1.37. The molecule has 1 aromatic rings. The number of hydrogen-bond acceptors (Lipinski definition) is 5. The largest absolute Gasteiger partial charge is 0.347 e. The lowest BCUT2D eigenvalue weighted by Gasteiger charge is -2.19. The molecule has 0 radical (unpaired) electrons. The van der Waals surface area contributed by atoms with Gasteiger partial charge in [0.1, 0.15) is 0 Å². The zero-order valence-corrected chi connectivity index (χ0v) is 15.5. The smallest absolute Gasteiger partial charge is 0.313 e. The van der Waals surface area contributed by atoms with Crippen molar-refractivity contribution in [2.45, 2.75) is 13.3 Å². The summed E-state index contributed by atoms with van der Waals surface area (Å²) < 4.78 is 25.4. The van der Waals surface area contributed by atoms with E-state index < -0.39 is 21.8 Å². The second-order valence-corrected chi connectivity index (χ2v) is 8.27. The van der Waals surface area contributed by atoms with Gasteiger partial charge in [-0.05, 0) is 45.1 Å². The van der Waals surface area contributed by atoms with E-state index in [4.69, 9.17) is 0 Å². The summed E-state index contributed by atoms with van der Waals surface area (Å²) in [5.41, 5.74) is 1.66. The van der Waals surface area contributed by atoms with E-state index in [9.17, 15) is 18.0 Å². The first-order valence-electron chi connectivity index (χ1n) is 8.05. The van der Waals surface area contributed by atoms with Crippen LogP contribution < -0.4 is 14.9 Å². The van der Waals surface area contributed by atoms with E-state index in [1.54, 1.807) is 25.1 Å².